The molecule has 134 valence electrons. The maximum atomic E-state index is 12.9. The number of pyridine rings is 1. The van der Waals surface area contributed by atoms with Crippen LogP contribution < -0.4 is 10.6 Å². The molecule has 2 atom stereocenters. The lowest BCUT2D eigenvalue weighted by Gasteiger charge is -2.16. The highest BCUT2D eigenvalue weighted by atomic mass is 19.1. The van der Waals surface area contributed by atoms with Crippen molar-refractivity contribution in [1.82, 2.24) is 10.3 Å². The summed E-state index contributed by atoms with van der Waals surface area (Å²) in [5.41, 5.74) is 2.53. The van der Waals surface area contributed by atoms with E-state index in [2.05, 4.69) is 15.6 Å². The number of aromatic nitrogens is 1. The van der Waals surface area contributed by atoms with Crippen LogP contribution in [0.4, 0.5) is 10.1 Å². The molecular weight excluding hydrogens is 321 g/mol. The van der Waals surface area contributed by atoms with Crippen LogP contribution in [0.25, 0.3) is 0 Å². The van der Waals surface area contributed by atoms with Gasteiger partial charge in [-0.05, 0) is 43.2 Å². The molecule has 5 nitrogen and oxygen atoms in total. The molecule has 1 heterocycles. The molecule has 0 fully saturated rings. The van der Waals surface area contributed by atoms with Gasteiger partial charge in [0.15, 0.2) is 0 Å². The third-order valence-electron chi connectivity index (χ3n) is 3.97. The quantitative estimate of drug-likeness (QED) is 0.688. The van der Waals surface area contributed by atoms with Gasteiger partial charge < -0.3 is 15.7 Å². The number of aliphatic hydroxyl groups excluding tert-OH is 1. The van der Waals surface area contributed by atoms with Gasteiger partial charge in [-0.3, -0.25) is 9.78 Å². The van der Waals surface area contributed by atoms with E-state index in [4.69, 9.17) is 5.11 Å². The van der Waals surface area contributed by atoms with Gasteiger partial charge in [0.2, 0.25) is 5.91 Å². The van der Waals surface area contributed by atoms with Crippen molar-refractivity contribution in [1.29, 1.82) is 0 Å². The first-order chi connectivity index (χ1) is 12.0. The van der Waals surface area contributed by atoms with Crippen molar-refractivity contribution in [3.63, 3.8) is 0 Å². The second-order valence-corrected chi connectivity index (χ2v) is 6.00. The van der Waals surface area contributed by atoms with Crippen LogP contribution in [0.2, 0.25) is 0 Å². The normalized spacial score (nSPS) is 13.1. The smallest absolute Gasteiger partial charge is 0.224 e. The number of aliphatic hydroxyl groups is 1. The van der Waals surface area contributed by atoms with Crippen molar-refractivity contribution in [2.75, 3.05) is 11.9 Å². The standard InChI is InChI=1S/C19H24FN3O2/c1-3-16(12-24)23-19(25)10-14-4-7-17(8-5-14)22-13(2)18-9-6-15(20)11-21-18/h4-9,11,13,16,22,24H,3,10,12H2,1-2H3,(H,23,25). The predicted octanol–water partition coefficient (Wildman–Crippen LogP) is 2.82. The summed E-state index contributed by atoms with van der Waals surface area (Å²) in [6.07, 6.45) is 2.16. The number of carbonyl (C=O) groups excluding carboxylic acids is 1. The first kappa shape index (κ1) is 18.9. The molecule has 0 saturated carbocycles. The van der Waals surface area contributed by atoms with Gasteiger partial charge in [-0.15, -0.1) is 0 Å². The highest BCUT2D eigenvalue weighted by Crippen LogP contribution is 2.18. The number of nitrogens with zero attached hydrogens (tertiary/aromatic N) is 1. The molecule has 1 amide bonds. The number of hydrogen-bond donors (Lipinski definition) is 3. The van der Waals surface area contributed by atoms with Crippen LogP contribution in [-0.2, 0) is 11.2 Å². The Bertz CT molecular complexity index is 670. The molecule has 0 bridgehead atoms. The zero-order valence-electron chi connectivity index (χ0n) is 14.5. The van der Waals surface area contributed by atoms with Crippen molar-refractivity contribution in [2.24, 2.45) is 0 Å². The largest absolute Gasteiger partial charge is 0.394 e. The molecule has 0 saturated heterocycles. The van der Waals surface area contributed by atoms with Crippen LogP contribution in [0.1, 0.15) is 37.6 Å². The average Bonchev–Trinajstić information content (AvgIpc) is 2.61. The predicted molar refractivity (Wildman–Crippen MR) is 95.7 cm³/mol. The molecule has 0 aliphatic heterocycles. The average molecular weight is 345 g/mol. The third-order valence-corrected chi connectivity index (χ3v) is 3.97. The zero-order chi connectivity index (χ0) is 18.2. The molecular formula is C19H24FN3O2. The van der Waals surface area contributed by atoms with Gasteiger partial charge >= 0.3 is 0 Å². The Morgan fingerprint density at radius 1 is 1.24 bits per heavy atom. The highest BCUT2D eigenvalue weighted by molar-refractivity contribution is 5.79. The molecule has 3 N–H and O–H groups in total. The molecule has 0 aliphatic rings. The Kier molecular flexibility index (Phi) is 6.89. The summed E-state index contributed by atoms with van der Waals surface area (Å²) >= 11 is 0. The minimum atomic E-state index is -0.356. The Hall–Kier alpha value is -2.47. The fraction of sp³-hybridized carbons (Fsp3) is 0.368. The fourth-order valence-corrected chi connectivity index (χ4v) is 2.43. The minimum Gasteiger partial charge on any atom is -0.394 e. The Labute approximate surface area is 147 Å². The van der Waals surface area contributed by atoms with E-state index in [1.807, 2.05) is 38.1 Å². The van der Waals surface area contributed by atoms with E-state index in [0.29, 0.717) is 6.42 Å². The van der Waals surface area contributed by atoms with E-state index in [9.17, 15) is 9.18 Å². The van der Waals surface area contributed by atoms with E-state index in [1.54, 1.807) is 6.07 Å². The Morgan fingerprint density at radius 3 is 2.52 bits per heavy atom. The van der Waals surface area contributed by atoms with E-state index in [1.165, 1.54) is 12.3 Å². The highest BCUT2D eigenvalue weighted by Gasteiger charge is 2.10. The first-order valence-corrected chi connectivity index (χ1v) is 8.39. The van der Waals surface area contributed by atoms with E-state index in [0.717, 1.165) is 16.9 Å². The molecule has 2 unspecified atom stereocenters. The van der Waals surface area contributed by atoms with Crippen LogP contribution in [-0.4, -0.2) is 28.6 Å². The van der Waals surface area contributed by atoms with E-state index >= 15 is 0 Å². The van der Waals surface area contributed by atoms with Crippen molar-refractivity contribution in [3.8, 4) is 0 Å². The second kappa shape index (κ2) is 9.13. The molecule has 25 heavy (non-hydrogen) atoms. The summed E-state index contributed by atoms with van der Waals surface area (Å²) < 4.78 is 12.9. The molecule has 1 aromatic heterocycles. The van der Waals surface area contributed by atoms with Gasteiger partial charge in [0, 0.05) is 5.69 Å². The maximum Gasteiger partial charge on any atom is 0.224 e. The van der Waals surface area contributed by atoms with Gasteiger partial charge in [-0.2, -0.15) is 0 Å². The summed E-state index contributed by atoms with van der Waals surface area (Å²) in [5, 5.41) is 15.2. The van der Waals surface area contributed by atoms with E-state index in [-0.39, 0.29) is 36.8 Å². The van der Waals surface area contributed by atoms with Crippen molar-refractivity contribution in [2.45, 2.75) is 38.8 Å². The van der Waals surface area contributed by atoms with Crippen LogP contribution in [0, 0.1) is 5.82 Å². The summed E-state index contributed by atoms with van der Waals surface area (Å²) in [6, 6.07) is 10.3. The topological polar surface area (TPSA) is 74.2 Å². The van der Waals surface area contributed by atoms with E-state index < -0.39 is 0 Å². The third kappa shape index (κ3) is 5.83. The fourth-order valence-electron chi connectivity index (χ4n) is 2.43. The van der Waals surface area contributed by atoms with Gasteiger partial charge in [-0.1, -0.05) is 19.1 Å². The Balaban J connectivity index is 1.91. The Morgan fingerprint density at radius 2 is 1.96 bits per heavy atom. The molecule has 2 aromatic rings. The number of amides is 1. The molecule has 0 spiro atoms. The number of carbonyl (C=O) groups is 1. The minimum absolute atomic E-state index is 0.0552. The SMILES string of the molecule is CCC(CO)NC(=O)Cc1ccc(NC(C)c2ccc(F)cn2)cc1. The van der Waals surface area contributed by atoms with Gasteiger partial charge in [0.05, 0.1) is 37.0 Å². The summed E-state index contributed by atoms with van der Waals surface area (Å²) in [5.74, 6) is -0.462. The summed E-state index contributed by atoms with van der Waals surface area (Å²) in [7, 11) is 0. The number of halogens is 1. The lowest BCUT2D eigenvalue weighted by atomic mass is 10.1. The molecule has 2 rings (SSSR count). The van der Waals surface area contributed by atoms with Crippen molar-refractivity contribution < 1.29 is 14.3 Å². The second-order valence-electron chi connectivity index (χ2n) is 6.00. The van der Waals surface area contributed by atoms with Gasteiger partial charge in [-0.25, -0.2) is 4.39 Å². The molecule has 1 aromatic carbocycles. The summed E-state index contributed by atoms with van der Waals surface area (Å²) in [6.45, 7) is 3.81. The molecule has 0 radical (unpaired) electrons. The lowest BCUT2D eigenvalue weighted by Crippen LogP contribution is -2.37. The van der Waals surface area contributed by atoms with Crippen LogP contribution in [0.3, 0.4) is 0 Å². The van der Waals surface area contributed by atoms with Gasteiger partial charge in [0.1, 0.15) is 5.82 Å². The number of anilines is 1. The van der Waals surface area contributed by atoms with Crippen molar-refractivity contribution >= 4 is 11.6 Å². The number of hydrogen-bond acceptors (Lipinski definition) is 4. The van der Waals surface area contributed by atoms with Gasteiger partial charge in [0.25, 0.3) is 0 Å². The number of nitrogens with one attached hydrogen (secondary N) is 2. The monoisotopic (exact) mass is 345 g/mol. The van der Waals surface area contributed by atoms with Crippen LogP contribution >= 0.6 is 0 Å². The molecule has 0 aliphatic carbocycles. The lowest BCUT2D eigenvalue weighted by molar-refractivity contribution is -0.121. The first-order valence-electron chi connectivity index (χ1n) is 8.39. The molecule has 6 heteroatoms. The van der Waals surface area contributed by atoms with Crippen molar-refractivity contribution in [3.05, 3.63) is 59.7 Å². The van der Waals surface area contributed by atoms with Crippen LogP contribution in [0.15, 0.2) is 42.6 Å². The number of rotatable bonds is 8. The zero-order valence-corrected chi connectivity index (χ0v) is 14.5. The summed E-state index contributed by atoms with van der Waals surface area (Å²) in [4.78, 5) is 16.0. The van der Waals surface area contributed by atoms with Crippen LogP contribution in [0.5, 0.6) is 0 Å². The number of benzene rings is 1. The maximum absolute atomic E-state index is 12.9.